The van der Waals surface area contributed by atoms with E-state index in [1.165, 1.54) is 0 Å². The summed E-state index contributed by atoms with van der Waals surface area (Å²) in [6, 6.07) is 15.3. The number of aryl methyl sites for hydroxylation is 2. The molecule has 2 aromatic carbocycles. The largest absolute Gasteiger partial charge is 0.480 e. The first-order valence-electron chi connectivity index (χ1n) is 9.51. The Labute approximate surface area is 163 Å². The molecule has 1 unspecified atom stereocenters. The lowest BCUT2D eigenvalue weighted by Gasteiger charge is -2.34. The van der Waals surface area contributed by atoms with Gasteiger partial charge in [-0.3, -0.25) is 0 Å². The van der Waals surface area contributed by atoms with Crippen LogP contribution in [0, 0.1) is 0 Å². The van der Waals surface area contributed by atoms with Crippen LogP contribution in [0.25, 0.3) is 11.0 Å². The van der Waals surface area contributed by atoms with Crippen LogP contribution in [0.1, 0.15) is 19.3 Å². The summed E-state index contributed by atoms with van der Waals surface area (Å²) in [5, 5.41) is 18.3. The second-order valence-corrected chi connectivity index (χ2v) is 7.17. The van der Waals surface area contributed by atoms with Gasteiger partial charge in [0.25, 0.3) is 0 Å². The lowest BCUT2D eigenvalue weighted by molar-refractivity contribution is -0.632. The molecule has 7 nitrogen and oxygen atoms in total. The van der Waals surface area contributed by atoms with E-state index in [2.05, 4.69) is 22.4 Å². The standard InChI is InChI=1S/C21H23N5O2/c1-24-17-7-3-4-8-18(17)25(2)21(24)23-22-15-10-12-16(13-11-15)26-14-6-5-9-19(26)20(27)28/h3-4,7-8,10-13,19H,5-6,9,14H2,1-2H3/p+1. The average Bonchev–Trinajstić information content (AvgIpc) is 2.97. The Morgan fingerprint density at radius 3 is 2.57 bits per heavy atom. The lowest BCUT2D eigenvalue weighted by atomic mass is 10.0. The third-order valence-electron chi connectivity index (χ3n) is 5.43. The zero-order valence-corrected chi connectivity index (χ0v) is 16.1. The monoisotopic (exact) mass is 378 g/mol. The zero-order valence-electron chi connectivity index (χ0n) is 16.1. The topological polar surface area (TPSA) is 74.1 Å². The minimum absolute atomic E-state index is 0.448. The van der Waals surface area contributed by atoms with Crippen LogP contribution in [-0.2, 0) is 18.9 Å². The third-order valence-corrected chi connectivity index (χ3v) is 5.43. The van der Waals surface area contributed by atoms with Crippen LogP contribution in [-0.4, -0.2) is 28.2 Å². The van der Waals surface area contributed by atoms with E-state index in [0.717, 1.165) is 47.7 Å². The van der Waals surface area contributed by atoms with E-state index in [4.69, 9.17) is 0 Å². The number of benzene rings is 2. The molecular weight excluding hydrogens is 354 g/mol. The second-order valence-electron chi connectivity index (χ2n) is 7.17. The van der Waals surface area contributed by atoms with Crippen molar-refractivity contribution in [3.63, 3.8) is 0 Å². The molecule has 2 heterocycles. The van der Waals surface area contributed by atoms with Crippen molar-refractivity contribution in [2.45, 2.75) is 25.3 Å². The minimum atomic E-state index is -0.758. The first kappa shape index (κ1) is 18.2. The fraction of sp³-hybridized carbons (Fsp3) is 0.333. The van der Waals surface area contributed by atoms with Gasteiger partial charge in [0.1, 0.15) is 22.8 Å². The smallest absolute Gasteiger partial charge is 0.422 e. The predicted molar refractivity (Wildman–Crippen MR) is 107 cm³/mol. The van der Waals surface area contributed by atoms with Gasteiger partial charge in [-0.1, -0.05) is 17.2 Å². The zero-order chi connectivity index (χ0) is 19.7. The van der Waals surface area contributed by atoms with Gasteiger partial charge in [-0.2, -0.15) is 0 Å². The number of hydrogen-bond acceptors (Lipinski definition) is 4. The van der Waals surface area contributed by atoms with Crippen LogP contribution in [0.3, 0.4) is 0 Å². The molecule has 0 amide bonds. The molecule has 0 radical (unpaired) electrons. The summed E-state index contributed by atoms with van der Waals surface area (Å²) >= 11 is 0. The number of para-hydroxylation sites is 2. The SMILES string of the molecule is Cn1c(N=Nc2ccc(N3CCCCC3C(=O)O)cc2)[n+](C)c2ccccc21. The minimum Gasteiger partial charge on any atom is -0.480 e. The van der Waals surface area contributed by atoms with Crippen LogP contribution in [0.4, 0.5) is 17.3 Å². The Morgan fingerprint density at radius 2 is 1.86 bits per heavy atom. The maximum Gasteiger partial charge on any atom is 0.422 e. The van der Waals surface area contributed by atoms with Crippen molar-refractivity contribution in [1.82, 2.24) is 4.57 Å². The Hall–Kier alpha value is -3.22. The highest BCUT2D eigenvalue weighted by atomic mass is 16.4. The van der Waals surface area contributed by atoms with Crippen molar-refractivity contribution < 1.29 is 14.5 Å². The molecule has 4 rings (SSSR count). The van der Waals surface area contributed by atoms with Gasteiger partial charge in [0.15, 0.2) is 0 Å². The fourth-order valence-corrected chi connectivity index (χ4v) is 3.92. The summed E-state index contributed by atoms with van der Waals surface area (Å²) in [5.74, 6) is -0.000939. The Morgan fingerprint density at radius 1 is 1.11 bits per heavy atom. The number of piperidine rings is 1. The summed E-state index contributed by atoms with van der Waals surface area (Å²) in [4.78, 5) is 13.5. The number of rotatable bonds is 4. The summed E-state index contributed by atoms with van der Waals surface area (Å²) in [6.07, 6.45) is 2.67. The maximum absolute atomic E-state index is 11.5. The number of aliphatic carboxylic acids is 1. The molecule has 144 valence electrons. The predicted octanol–water partition coefficient (Wildman–Crippen LogP) is 3.86. The Balaban J connectivity index is 1.58. The van der Waals surface area contributed by atoms with Gasteiger partial charge in [0, 0.05) is 17.3 Å². The molecule has 28 heavy (non-hydrogen) atoms. The molecule has 1 saturated heterocycles. The van der Waals surface area contributed by atoms with Gasteiger partial charge >= 0.3 is 11.9 Å². The van der Waals surface area contributed by atoms with Crippen LogP contribution in [0.15, 0.2) is 58.8 Å². The van der Waals surface area contributed by atoms with Crippen LogP contribution in [0.2, 0.25) is 0 Å². The molecule has 1 atom stereocenters. The molecular formula is C21H24N5O2+. The maximum atomic E-state index is 11.5. The highest BCUT2D eigenvalue weighted by molar-refractivity contribution is 5.78. The molecule has 0 aliphatic carbocycles. The number of fused-ring (bicyclic) bond motifs is 1. The molecule has 3 aromatic rings. The van der Waals surface area contributed by atoms with Crippen LogP contribution >= 0.6 is 0 Å². The highest BCUT2D eigenvalue weighted by Crippen LogP contribution is 2.28. The number of hydrogen-bond donors (Lipinski definition) is 1. The van der Waals surface area contributed by atoms with Crippen molar-refractivity contribution >= 4 is 34.3 Å². The van der Waals surface area contributed by atoms with Gasteiger partial charge < -0.3 is 10.0 Å². The first-order valence-corrected chi connectivity index (χ1v) is 9.51. The second kappa shape index (κ2) is 7.42. The van der Waals surface area contributed by atoms with Gasteiger partial charge in [-0.15, -0.1) is 0 Å². The van der Waals surface area contributed by atoms with Crippen molar-refractivity contribution in [1.29, 1.82) is 0 Å². The number of nitrogens with zero attached hydrogens (tertiary/aromatic N) is 5. The van der Waals surface area contributed by atoms with E-state index in [-0.39, 0.29) is 0 Å². The molecule has 1 aliphatic rings. The quantitative estimate of drug-likeness (QED) is 0.553. The summed E-state index contributed by atoms with van der Waals surface area (Å²) < 4.78 is 4.02. The molecule has 0 bridgehead atoms. The van der Waals surface area contributed by atoms with Crippen molar-refractivity contribution in [3.8, 4) is 0 Å². The van der Waals surface area contributed by atoms with E-state index >= 15 is 0 Å². The summed E-state index contributed by atoms with van der Waals surface area (Å²) in [6.45, 7) is 0.767. The number of carbonyl (C=O) groups is 1. The average molecular weight is 378 g/mol. The normalized spacial score (nSPS) is 17.5. The van der Waals surface area contributed by atoms with Crippen LogP contribution < -0.4 is 9.47 Å². The van der Waals surface area contributed by atoms with Gasteiger partial charge in [-0.05, 0) is 55.7 Å². The molecule has 1 N–H and O–H groups in total. The molecule has 0 spiro atoms. The van der Waals surface area contributed by atoms with E-state index in [0.29, 0.717) is 6.42 Å². The van der Waals surface area contributed by atoms with Gasteiger partial charge in [-0.25, -0.2) is 13.9 Å². The number of azo groups is 1. The van der Waals surface area contributed by atoms with Crippen LogP contribution in [0.5, 0.6) is 0 Å². The molecule has 1 aromatic heterocycles. The van der Waals surface area contributed by atoms with E-state index in [1.807, 2.05) is 64.5 Å². The van der Waals surface area contributed by atoms with Crippen molar-refractivity contribution in [3.05, 3.63) is 48.5 Å². The fourth-order valence-electron chi connectivity index (χ4n) is 3.92. The molecule has 7 heteroatoms. The number of carboxylic acid groups (broad SMARTS) is 1. The van der Waals surface area contributed by atoms with E-state index in [9.17, 15) is 9.90 Å². The Bertz CT molecular complexity index is 1000. The molecule has 0 saturated carbocycles. The molecule has 1 fully saturated rings. The van der Waals surface area contributed by atoms with E-state index < -0.39 is 12.0 Å². The summed E-state index contributed by atoms with van der Waals surface area (Å²) in [7, 11) is 3.95. The first-order chi connectivity index (χ1) is 13.6. The number of anilines is 1. The van der Waals surface area contributed by atoms with Gasteiger partial charge in [0.2, 0.25) is 0 Å². The van der Waals surface area contributed by atoms with Crippen molar-refractivity contribution in [2.75, 3.05) is 11.4 Å². The number of carboxylic acids is 1. The van der Waals surface area contributed by atoms with E-state index in [1.54, 1.807) is 0 Å². The van der Waals surface area contributed by atoms with Crippen molar-refractivity contribution in [2.24, 2.45) is 24.3 Å². The third kappa shape index (κ3) is 3.24. The number of aromatic nitrogens is 2. The number of imidazole rings is 1. The molecule has 1 aliphatic heterocycles. The highest BCUT2D eigenvalue weighted by Gasteiger charge is 2.28. The lowest BCUT2D eigenvalue weighted by Crippen LogP contribution is -2.44. The Kier molecular flexibility index (Phi) is 4.81. The summed E-state index contributed by atoms with van der Waals surface area (Å²) in [5.41, 5.74) is 3.84. The van der Waals surface area contributed by atoms with Gasteiger partial charge in [0.05, 0.1) is 14.1 Å².